The first-order valence-electron chi connectivity index (χ1n) is 7.43. The van der Waals surface area contributed by atoms with Gasteiger partial charge in [0, 0.05) is 12.3 Å². The van der Waals surface area contributed by atoms with E-state index in [1.165, 1.54) is 12.4 Å². The number of nitrogens with zero attached hydrogens (tertiary/aromatic N) is 1. The van der Waals surface area contributed by atoms with Gasteiger partial charge >= 0.3 is 0 Å². The molecule has 0 aliphatic carbocycles. The van der Waals surface area contributed by atoms with Crippen LogP contribution in [0.2, 0.25) is 0 Å². The van der Waals surface area contributed by atoms with Crippen molar-refractivity contribution < 1.29 is 14.6 Å². The number of nitrogens with one attached hydrogen (secondary N) is 2. The van der Waals surface area contributed by atoms with E-state index in [2.05, 4.69) is 15.3 Å². The Morgan fingerprint density at radius 2 is 2.22 bits per heavy atom. The number of benzene rings is 1. The van der Waals surface area contributed by atoms with E-state index in [-0.39, 0.29) is 29.5 Å². The molecule has 1 aliphatic heterocycles. The van der Waals surface area contributed by atoms with E-state index < -0.39 is 5.92 Å². The van der Waals surface area contributed by atoms with Crippen molar-refractivity contribution in [2.45, 2.75) is 25.7 Å². The summed E-state index contributed by atoms with van der Waals surface area (Å²) in [6.45, 7) is 2.48. The minimum atomic E-state index is -0.456. The number of phenolic OH excluding ortho intramolecular Hbond substituents is 1. The van der Waals surface area contributed by atoms with Gasteiger partial charge in [-0.3, -0.25) is 9.59 Å². The molecule has 1 atom stereocenters. The lowest BCUT2D eigenvalue weighted by atomic mass is 9.86. The zero-order valence-electron chi connectivity index (χ0n) is 12.6. The predicted octanol–water partition coefficient (Wildman–Crippen LogP) is 1.74. The van der Waals surface area contributed by atoms with Crippen LogP contribution < -0.4 is 15.6 Å². The number of aromatic nitrogens is 2. The van der Waals surface area contributed by atoms with Gasteiger partial charge in [0.1, 0.15) is 5.82 Å². The fourth-order valence-corrected chi connectivity index (χ4v) is 2.67. The third-order valence-electron chi connectivity index (χ3n) is 3.73. The van der Waals surface area contributed by atoms with Gasteiger partial charge in [0.15, 0.2) is 11.5 Å². The highest BCUT2D eigenvalue weighted by Gasteiger charge is 2.30. The van der Waals surface area contributed by atoms with Gasteiger partial charge in [-0.15, -0.1) is 0 Å². The number of carbonyl (C=O) groups is 1. The van der Waals surface area contributed by atoms with Crippen LogP contribution in [-0.2, 0) is 4.79 Å². The molecule has 0 fully saturated rings. The average Bonchev–Trinajstić information content (AvgIpc) is 2.53. The van der Waals surface area contributed by atoms with Crippen LogP contribution in [0, 0.1) is 0 Å². The number of hydrogen-bond acceptors (Lipinski definition) is 5. The Kier molecular flexibility index (Phi) is 4.01. The van der Waals surface area contributed by atoms with Gasteiger partial charge in [-0.2, -0.15) is 0 Å². The largest absolute Gasteiger partial charge is 0.504 e. The van der Waals surface area contributed by atoms with Crippen molar-refractivity contribution >= 4 is 11.7 Å². The molecular formula is C16H17N3O4. The maximum absolute atomic E-state index is 12.1. The van der Waals surface area contributed by atoms with Crippen molar-refractivity contribution in [1.29, 1.82) is 0 Å². The fourth-order valence-electron chi connectivity index (χ4n) is 2.67. The van der Waals surface area contributed by atoms with Crippen LogP contribution in [0.1, 0.15) is 36.8 Å². The standard InChI is InChI=1S/C16H17N3O4/c1-2-5-23-12-4-3-9(6-11(12)20)10-7-13(21)19-15-14(10)16(22)18-8-17-15/h3-4,6,8,10,20H,2,5,7H2,1H3,(H2,17,18,19,21,22). The van der Waals surface area contributed by atoms with Gasteiger partial charge in [-0.1, -0.05) is 13.0 Å². The molecular weight excluding hydrogens is 298 g/mol. The Hall–Kier alpha value is -2.83. The van der Waals surface area contributed by atoms with Crippen LogP contribution in [0.5, 0.6) is 11.5 Å². The quantitative estimate of drug-likeness (QED) is 0.797. The second kappa shape index (κ2) is 6.12. The molecule has 1 amide bonds. The molecule has 0 radical (unpaired) electrons. The Morgan fingerprint density at radius 3 is 2.96 bits per heavy atom. The number of amides is 1. The molecule has 0 saturated carbocycles. The van der Waals surface area contributed by atoms with E-state index in [9.17, 15) is 14.7 Å². The number of aromatic hydroxyl groups is 1. The summed E-state index contributed by atoms with van der Waals surface area (Å²) in [7, 11) is 0. The minimum Gasteiger partial charge on any atom is -0.504 e. The first kappa shape index (κ1) is 15.1. The van der Waals surface area contributed by atoms with Crippen molar-refractivity contribution in [2.75, 3.05) is 11.9 Å². The number of aromatic amines is 1. The number of hydrogen-bond donors (Lipinski definition) is 3. The van der Waals surface area contributed by atoms with Crippen molar-refractivity contribution in [1.82, 2.24) is 9.97 Å². The molecule has 120 valence electrons. The van der Waals surface area contributed by atoms with Crippen molar-refractivity contribution in [3.05, 3.63) is 46.0 Å². The number of rotatable bonds is 4. The molecule has 3 rings (SSSR count). The molecule has 3 N–H and O–H groups in total. The molecule has 2 aromatic rings. The van der Waals surface area contributed by atoms with E-state index in [4.69, 9.17) is 4.74 Å². The molecule has 1 unspecified atom stereocenters. The monoisotopic (exact) mass is 315 g/mol. The van der Waals surface area contributed by atoms with E-state index in [0.717, 1.165) is 6.42 Å². The van der Waals surface area contributed by atoms with Gasteiger partial charge in [0.2, 0.25) is 5.91 Å². The molecule has 7 nitrogen and oxygen atoms in total. The summed E-state index contributed by atoms with van der Waals surface area (Å²) >= 11 is 0. The van der Waals surface area contributed by atoms with Gasteiger partial charge in [0.25, 0.3) is 5.56 Å². The van der Waals surface area contributed by atoms with Crippen LogP contribution in [0.3, 0.4) is 0 Å². The summed E-state index contributed by atoms with van der Waals surface area (Å²) in [6.07, 6.45) is 2.21. The highest BCUT2D eigenvalue weighted by Crippen LogP contribution is 2.37. The van der Waals surface area contributed by atoms with Crippen LogP contribution in [0.15, 0.2) is 29.3 Å². The molecule has 23 heavy (non-hydrogen) atoms. The van der Waals surface area contributed by atoms with E-state index in [1.54, 1.807) is 12.1 Å². The Balaban J connectivity index is 2.01. The van der Waals surface area contributed by atoms with E-state index in [1.807, 2.05) is 6.92 Å². The summed E-state index contributed by atoms with van der Waals surface area (Å²) in [4.78, 5) is 30.5. The lowest BCUT2D eigenvalue weighted by molar-refractivity contribution is -0.116. The first-order valence-corrected chi connectivity index (χ1v) is 7.43. The van der Waals surface area contributed by atoms with Crippen LogP contribution >= 0.6 is 0 Å². The number of ether oxygens (including phenoxy) is 1. The zero-order chi connectivity index (χ0) is 16.4. The first-order chi connectivity index (χ1) is 11.1. The number of phenols is 1. The van der Waals surface area contributed by atoms with Crippen LogP contribution in [-0.4, -0.2) is 27.6 Å². The lowest BCUT2D eigenvalue weighted by Crippen LogP contribution is -2.30. The number of carbonyl (C=O) groups excluding carboxylic acids is 1. The predicted molar refractivity (Wildman–Crippen MR) is 83.8 cm³/mol. The zero-order valence-corrected chi connectivity index (χ0v) is 12.6. The summed E-state index contributed by atoms with van der Waals surface area (Å²) < 4.78 is 5.43. The van der Waals surface area contributed by atoms with Crippen LogP contribution in [0.25, 0.3) is 0 Å². The maximum atomic E-state index is 12.1. The Bertz CT molecular complexity index is 800. The Morgan fingerprint density at radius 1 is 1.39 bits per heavy atom. The third kappa shape index (κ3) is 2.90. The van der Waals surface area contributed by atoms with Crippen molar-refractivity contribution in [2.24, 2.45) is 0 Å². The number of anilines is 1. The molecule has 0 spiro atoms. The Labute approximate surface area is 132 Å². The minimum absolute atomic E-state index is 0.0104. The summed E-state index contributed by atoms with van der Waals surface area (Å²) in [5.41, 5.74) is 0.764. The van der Waals surface area contributed by atoms with Crippen molar-refractivity contribution in [3.63, 3.8) is 0 Å². The maximum Gasteiger partial charge on any atom is 0.256 e. The van der Waals surface area contributed by atoms with E-state index >= 15 is 0 Å². The molecule has 0 saturated heterocycles. The third-order valence-corrected chi connectivity index (χ3v) is 3.73. The molecule has 1 aromatic carbocycles. The highest BCUT2D eigenvalue weighted by atomic mass is 16.5. The number of fused-ring (bicyclic) bond motifs is 1. The number of H-pyrrole nitrogens is 1. The molecule has 2 heterocycles. The van der Waals surface area contributed by atoms with Gasteiger partial charge in [-0.05, 0) is 24.1 Å². The molecule has 7 heteroatoms. The average molecular weight is 315 g/mol. The summed E-state index contributed by atoms with van der Waals surface area (Å²) in [6, 6.07) is 4.94. The SMILES string of the molecule is CCCOc1ccc(C2CC(=O)Nc3nc[nH]c(=O)c32)cc1O. The molecule has 1 aromatic heterocycles. The highest BCUT2D eigenvalue weighted by molar-refractivity contribution is 5.94. The lowest BCUT2D eigenvalue weighted by Gasteiger charge is -2.24. The summed E-state index contributed by atoms with van der Waals surface area (Å²) in [5.74, 6) is -0.0329. The second-order valence-corrected chi connectivity index (χ2v) is 5.37. The molecule has 0 bridgehead atoms. The van der Waals surface area contributed by atoms with Gasteiger partial charge in [-0.25, -0.2) is 4.98 Å². The van der Waals surface area contributed by atoms with E-state index in [0.29, 0.717) is 23.5 Å². The smallest absolute Gasteiger partial charge is 0.256 e. The fraction of sp³-hybridized carbons (Fsp3) is 0.312. The summed E-state index contributed by atoms with van der Waals surface area (Å²) in [5, 5.41) is 12.7. The van der Waals surface area contributed by atoms with Crippen molar-refractivity contribution in [3.8, 4) is 11.5 Å². The topological polar surface area (TPSA) is 104 Å². The van der Waals surface area contributed by atoms with Gasteiger partial charge < -0.3 is 20.1 Å². The molecule has 1 aliphatic rings. The second-order valence-electron chi connectivity index (χ2n) is 5.37. The normalized spacial score (nSPS) is 16.6. The van der Waals surface area contributed by atoms with Crippen LogP contribution in [0.4, 0.5) is 5.82 Å². The van der Waals surface area contributed by atoms with Gasteiger partial charge in [0.05, 0.1) is 18.5 Å².